The lowest BCUT2D eigenvalue weighted by Gasteiger charge is -2.22. The maximum Gasteiger partial charge on any atom is 0.160 e. The van der Waals surface area contributed by atoms with Gasteiger partial charge in [0.1, 0.15) is 5.82 Å². The molecule has 0 bridgehead atoms. The van der Waals surface area contributed by atoms with Crippen LogP contribution in [0.4, 0.5) is 10.1 Å². The van der Waals surface area contributed by atoms with Crippen LogP contribution >= 0.6 is 0 Å². The molecule has 0 amide bonds. The molecule has 1 N–H and O–H groups in total. The topological polar surface area (TPSA) is 41.5 Å². The molecule has 0 unspecified atom stereocenters. The van der Waals surface area contributed by atoms with Gasteiger partial charge in [0.25, 0.3) is 0 Å². The van der Waals surface area contributed by atoms with Gasteiger partial charge < -0.3 is 5.32 Å². The standard InChI is InChI=1S/C14H17NO.C9H11F.C9H20.C8H11N/c1-5-8-15-11(3)13-6-7-14(12(4)16)10(2)9-13;1-3-8-5-4-7(2)9(10)6-8;1-5-7-9(3,4)8-6-2;1-7-3-5-8(9-2)6-4-7/h5-9H,1-4H3;4-6H,3H2,1-2H3;5-8H2,1-4H3;3-6,9H,1-2H3/b8-5-,15-11?;;;. The van der Waals surface area contributed by atoms with E-state index in [2.05, 4.69) is 69.2 Å². The van der Waals surface area contributed by atoms with Crippen LogP contribution in [0.1, 0.15) is 119 Å². The van der Waals surface area contributed by atoms with E-state index in [0.29, 0.717) is 5.41 Å². The second-order valence-electron chi connectivity index (χ2n) is 12.0. The third-order valence-corrected chi connectivity index (χ3v) is 7.28. The zero-order valence-corrected chi connectivity index (χ0v) is 29.7. The predicted molar refractivity (Wildman–Crippen MR) is 193 cm³/mol. The lowest BCUT2D eigenvalue weighted by atomic mass is 9.84. The Morgan fingerprint density at radius 3 is 1.89 bits per heavy atom. The number of carbonyl (C=O) groups is 1. The number of Topliss-reactive ketones (excluding diaryl/α,β-unsaturated/α-hetero) is 1. The number of nitrogens with zero attached hydrogens (tertiary/aromatic N) is 1. The highest BCUT2D eigenvalue weighted by Gasteiger charge is 2.13. The second kappa shape index (κ2) is 22.0. The third kappa shape index (κ3) is 16.9. The fourth-order valence-electron chi connectivity index (χ4n) is 4.60. The molecule has 3 aromatic rings. The van der Waals surface area contributed by atoms with Crippen LogP contribution in [0.5, 0.6) is 0 Å². The Kier molecular flexibility index (Phi) is 20.3. The van der Waals surface area contributed by atoms with Gasteiger partial charge in [0.15, 0.2) is 5.78 Å². The Morgan fingerprint density at radius 1 is 0.864 bits per heavy atom. The molecule has 0 aliphatic rings. The second-order valence-corrected chi connectivity index (χ2v) is 12.0. The van der Waals surface area contributed by atoms with Crippen molar-refractivity contribution in [3.8, 4) is 0 Å². The first-order valence-corrected chi connectivity index (χ1v) is 16.0. The van der Waals surface area contributed by atoms with Crippen LogP contribution in [-0.2, 0) is 6.42 Å². The van der Waals surface area contributed by atoms with Crippen LogP contribution in [0.2, 0.25) is 0 Å². The largest absolute Gasteiger partial charge is 0.388 e. The average molecular weight is 603 g/mol. The maximum atomic E-state index is 12.8. The molecular formula is C40H59FN2O. The Morgan fingerprint density at radius 2 is 1.45 bits per heavy atom. The minimum absolute atomic E-state index is 0.0978. The Labute approximate surface area is 269 Å². The maximum absolute atomic E-state index is 12.8. The minimum atomic E-state index is -0.0978. The number of aliphatic imine (C=N–C) groups is 1. The van der Waals surface area contributed by atoms with Gasteiger partial charge in [-0.15, -0.1) is 0 Å². The number of benzene rings is 3. The summed E-state index contributed by atoms with van der Waals surface area (Å²) in [6, 6.07) is 19.5. The molecule has 0 atom stereocenters. The molecule has 3 rings (SSSR count). The first kappa shape index (κ1) is 40.5. The van der Waals surface area contributed by atoms with Crippen LogP contribution in [-0.4, -0.2) is 18.5 Å². The summed E-state index contributed by atoms with van der Waals surface area (Å²) >= 11 is 0. The van der Waals surface area contributed by atoms with Gasteiger partial charge in [-0.05, 0) is 113 Å². The summed E-state index contributed by atoms with van der Waals surface area (Å²) in [5.41, 5.74) is 8.64. The number of rotatable bonds is 9. The van der Waals surface area contributed by atoms with Gasteiger partial charge in [-0.2, -0.15) is 0 Å². The van der Waals surface area contributed by atoms with Crippen molar-refractivity contribution in [2.75, 3.05) is 12.4 Å². The number of aryl methyl sites for hydroxylation is 4. The quantitative estimate of drug-likeness (QED) is 0.195. The number of hydrogen-bond donors (Lipinski definition) is 1. The van der Waals surface area contributed by atoms with Crippen molar-refractivity contribution in [3.05, 3.63) is 112 Å². The number of ketones is 1. The van der Waals surface area contributed by atoms with Gasteiger partial charge in [-0.3, -0.25) is 9.79 Å². The highest BCUT2D eigenvalue weighted by molar-refractivity contribution is 6.01. The lowest BCUT2D eigenvalue weighted by Crippen LogP contribution is -2.09. The summed E-state index contributed by atoms with van der Waals surface area (Å²) in [5, 5.41) is 3.05. The number of nitrogens with one attached hydrogen (secondary N) is 1. The highest BCUT2D eigenvalue weighted by atomic mass is 19.1. The van der Waals surface area contributed by atoms with Crippen molar-refractivity contribution in [2.24, 2.45) is 10.4 Å². The lowest BCUT2D eigenvalue weighted by molar-refractivity contribution is 0.101. The summed E-state index contributed by atoms with van der Waals surface area (Å²) in [6.45, 7) is 22.5. The van der Waals surface area contributed by atoms with E-state index in [1.165, 1.54) is 36.9 Å². The monoisotopic (exact) mass is 602 g/mol. The average Bonchev–Trinajstić information content (AvgIpc) is 2.98. The zero-order valence-electron chi connectivity index (χ0n) is 29.7. The molecule has 4 heteroatoms. The molecule has 3 aromatic carbocycles. The SMILES string of the molecule is C/C=C\N=C(C)c1ccc(C(C)=O)c(C)c1.CCCC(C)(C)CCC.CCc1ccc(C)c(F)c1.CNc1ccc(C)cc1. The number of hydrogen-bond acceptors (Lipinski definition) is 3. The number of carbonyl (C=O) groups excluding carboxylic acids is 1. The van der Waals surface area contributed by atoms with Crippen LogP contribution < -0.4 is 5.32 Å². The van der Waals surface area contributed by atoms with Gasteiger partial charge in [0.2, 0.25) is 0 Å². The van der Waals surface area contributed by atoms with Crippen molar-refractivity contribution in [2.45, 2.75) is 108 Å². The van der Waals surface area contributed by atoms with Crippen molar-refractivity contribution in [1.82, 2.24) is 0 Å². The number of allylic oxidation sites excluding steroid dienone is 1. The van der Waals surface area contributed by atoms with Crippen LogP contribution in [0, 0.1) is 32.0 Å². The van der Waals surface area contributed by atoms with Crippen molar-refractivity contribution in [1.29, 1.82) is 0 Å². The first-order chi connectivity index (χ1) is 20.7. The normalized spacial score (nSPS) is 11.0. The predicted octanol–water partition coefficient (Wildman–Crippen LogP) is 11.9. The molecule has 0 aliphatic heterocycles. The first-order valence-electron chi connectivity index (χ1n) is 16.0. The van der Waals surface area contributed by atoms with E-state index in [9.17, 15) is 9.18 Å². The van der Waals surface area contributed by atoms with E-state index >= 15 is 0 Å². The molecule has 0 fully saturated rings. The smallest absolute Gasteiger partial charge is 0.160 e. The van der Waals surface area contributed by atoms with Crippen molar-refractivity contribution in [3.63, 3.8) is 0 Å². The van der Waals surface area contributed by atoms with E-state index < -0.39 is 0 Å². The molecule has 0 aliphatic carbocycles. The van der Waals surface area contributed by atoms with E-state index in [-0.39, 0.29) is 11.6 Å². The molecule has 242 valence electrons. The van der Waals surface area contributed by atoms with Crippen molar-refractivity contribution < 1.29 is 9.18 Å². The van der Waals surface area contributed by atoms with E-state index in [0.717, 1.165) is 39.9 Å². The van der Waals surface area contributed by atoms with E-state index in [1.54, 1.807) is 26.1 Å². The fourth-order valence-corrected chi connectivity index (χ4v) is 4.60. The summed E-state index contributed by atoms with van der Waals surface area (Å²) in [6.07, 6.45) is 9.96. The van der Waals surface area contributed by atoms with Gasteiger partial charge in [0, 0.05) is 30.2 Å². The van der Waals surface area contributed by atoms with Gasteiger partial charge in [-0.1, -0.05) is 95.5 Å². The molecule has 0 radical (unpaired) electrons. The summed E-state index contributed by atoms with van der Waals surface area (Å²) in [7, 11) is 1.92. The summed E-state index contributed by atoms with van der Waals surface area (Å²) in [4.78, 5) is 15.6. The number of halogens is 1. The molecular weight excluding hydrogens is 543 g/mol. The zero-order chi connectivity index (χ0) is 33.7. The van der Waals surface area contributed by atoms with Crippen LogP contribution in [0.25, 0.3) is 0 Å². The molecule has 0 spiro atoms. The third-order valence-electron chi connectivity index (χ3n) is 7.28. The molecule has 0 saturated heterocycles. The Bertz CT molecular complexity index is 1300. The van der Waals surface area contributed by atoms with Gasteiger partial charge in [-0.25, -0.2) is 4.39 Å². The van der Waals surface area contributed by atoms with E-state index in [1.807, 2.05) is 71.2 Å². The Hall–Kier alpha value is -3.53. The van der Waals surface area contributed by atoms with Crippen LogP contribution in [0.15, 0.2) is 77.9 Å². The minimum Gasteiger partial charge on any atom is -0.388 e. The van der Waals surface area contributed by atoms with Crippen LogP contribution in [0.3, 0.4) is 0 Å². The summed E-state index contributed by atoms with van der Waals surface area (Å²) in [5.74, 6) is 0.00597. The van der Waals surface area contributed by atoms with Gasteiger partial charge in [0.05, 0.1) is 0 Å². The van der Waals surface area contributed by atoms with E-state index in [4.69, 9.17) is 0 Å². The van der Waals surface area contributed by atoms with Crippen molar-refractivity contribution >= 4 is 17.2 Å². The molecule has 3 nitrogen and oxygen atoms in total. The molecule has 0 aromatic heterocycles. The Balaban J connectivity index is 0.000000581. The fraction of sp³-hybridized carbons (Fsp3) is 0.450. The highest BCUT2D eigenvalue weighted by Crippen LogP contribution is 2.27. The molecule has 0 heterocycles. The number of anilines is 1. The molecule has 44 heavy (non-hydrogen) atoms. The van der Waals surface area contributed by atoms with Gasteiger partial charge >= 0.3 is 0 Å². The summed E-state index contributed by atoms with van der Waals surface area (Å²) < 4.78 is 12.8. The molecule has 0 saturated carbocycles.